The number of para-hydroxylation sites is 2. The molecule has 2 aromatic rings. The number of hydrogen-bond donors (Lipinski definition) is 0. The zero-order valence-corrected chi connectivity index (χ0v) is 15.1. The fourth-order valence-corrected chi connectivity index (χ4v) is 2.69. The third-order valence-electron chi connectivity index (χ3n) is 4.03. The van der Waals surface area contributed by atoms with Crippen LogP contribution in [-0.4, -0.2) is 43.7 Å². The highest BCUT2D eigenvalue weighted by Gasteiger charge is 2.22. The Kier molecular flexibility index (Phi) is 5.79. The van der Waals surface area contributed by atoms with Gasteiger partial charge in [-0.15, -0.1) is 0 Å². The minimum Gasteiger partial charge on any atom is -0.494 e. The third-order valence-corrected chi connectivity index (χ3v) is 4.03. The number of rotatable bonds is 6. The lowest BCUT2D eigenvalue weighted by Gasteiger charge is -2.29. The normalized spacial score (nSPS) is 15.7. The summed E-state index contributed by atoms with van der Waals surface area (Å²) in [5, 5.41) is 0. The van der Waals surface area contributed by atoms with E-state index in [4.69, 9.17) is 14.2 Å². The van der Waals surface area contributed by atoms with E-state index < -0.39 is 0 Å². The van der Waals surface area contributed by atoms with Crippen LogP contribution in [0.25, 0.3) is 6.08 Å². The van der Waals surface area contributed by atoms with Gasteiger partial charge in [-0.2, -0.15) is 0 Å². The van der Waals surface area contributed by atoms with E-state index in [1.54, 1.807) is 24.1 Å². The number of carbonyl (C=O) groups is 1. The molecular weight excluding hydrogens is 330 g/mol. The van der Waals surface area contributed by atoms with E-state index in [-0.39, 0.29) is 12.0 Å². The molecule has 3 rings (SSSR count). The summed E-state index contributed by atoms with van der Waals surface area (Å²) in [7, 11) is 1.76. The molecular formula is C21H23NO4. The van der Waals surface area contributed by atoms with Crippen LogP contribution in [0, 0.1) is 0 Å². The smallest absolute Gasteiger partial charge is 0.246 e. The van der Waals surface area contributed by atoms with E-state index in [2.05, 4.69) is 0 Å². The SMILES string of the molecule is CCOc1ccc(/C=C/C(=O)N(C)CC2COc3ccccc3O2)cc1. The van der Waals surface area contributed by atoms with Crippen LogP contribution in [-0.2, 0) is 4.79 Å². The maximum Gasteiger partial charge on any atom is 0.246 e. The van der Waals surface area contributed by atoms with Crippen molar-refractivity contribution in [2.75, 3.05) is 26.8 Å². The lowest BCUT2D eigenvalue weighted by Crippen LogP contribution is -2.41. The summed E-state index contributed by atoms with van der Waals surface area (Å²) in [5.41, 5.74) is 0.946. The second-order valence-electron chi connectivity index (χ2n) is 6.05. The second-order valence-corrected chi connectivity index (χ2v) is 6.05. The first-order valence-corrected chi connectivity index (χ1v) is 8.70. The van der Waals surface area contributed by atoms with E-state index in [9.17, 15) is 4.79 Å². The number of nitrogens with zero attached hydrogens (tertiary/aromatic N) is 1. The number of carbonyl (C=O) groups excluding carboxylic acids is 1. The Labute approximate surface area is 153 Å². The van der Waals surface area contributed by atoms with E-state index in [0.717, 1.165) is 22.8 Å². The quantitative estimate of drug-likeness (QED) is 0.747. The first-order valence-electron chi connectivity index (χ1n) is 8.70. The van der Waals surface area contributed by atoms with Gasteiger partial charge in [-0.25, -0.2) is 0 Å². The Hall–Kier alpha value is -2.95. The molecule has 0 N–H and O–H groups in total. The molecule has 1 heterocycles. The van der Waals surface area contributed by atoms with Crippen molar-refractivity contribution in [3.8, 4) is 17.2 Å². The van der Waals surface area contributed by atoms with E-state index in [1.165, 1.54) is 0 Å². The van der Waals surface area contributed by atoms with Crippen molar-refractivity contribution in [3.63, 3.8) is 0 Å². The van der Waals surface area contributed by atoms with Gasteiger partial charge in [0.05, 0.1) is 13.2 Å². The molecule has 0 fully saturated rings. The van der Waals surface area contributed by atoms with Crippen LogP contribution in [0.15, 0.2) is 54.6 Å². The van der Waals surface area contributed by atoms with E-state index in [1.807, 2.05) is 55.5 Å². The first kappa shape index (κ1) is 17.9. The third kappa shape index (κ3) is 4.57. The molecule has 136 valence electrons. The highest BCUT2D eigenvalue weighted by atomic mass is 16.6. The van der Waals surface area contributed by atoms with Crippen LogP contribution < -0.4 is 14.2 Å². The predicted octanol–water partition coefficient (Wildman–Crippen LogP) is 3.40. The molecule has 1 unspecified atom stereocenters. The van der Waals surface area contributed by atoms with Crippen molar-refractivity contribution in [1.29, 1.82) is 0 Å². The number of hydrogen-bond acceptors (Lipinski definition) is 4. The Morgan fingerprint density at radius 1 is 1.19 bits per heavy atom. The van der Waals surface area contributed by atoms with E-state index in [0.29, 0.717) is 19.8 Å². The average Bonchev–Trinajstić information content (AvgIpc) is 2.67. The van der Waals surface area contributed by atoms with Gasteiger partial charge >= 0.3 is 0 Å². The van der Waals surface area contributed by atoms with Crippen LogP contribution in [0.4, 0.5) is 0 Å². The molecule has 0 bridgehead atoms. The molecule has 5 heteroatoms. The molecule has 0 aromatic heterocycles. The van der Waals surface area contributed by atoms with Gasteiger partial charge in [0.25, 0.3) is 0 Å². The summed E-state index contributed by atoms with van der Waals surface area (Å²) < 4.78 is 17.0. The van der Waals surface area contributed by atoms with Gasteiger partial charge in [0.1, 0.15) is 12.4 Å². The van der Waals surface area contributed by atoms with Gasteiger partial charge in [0.15, 0.2) is 17.6 Å². The minimum absolute atomic E-state index is 0.0821. The van der Waals surface area contributed by atoms with Crippen LogP contribution >= 0.6 is 0 Å². The lowest BCUT2D eigenvalue weighted by molar-refractivity contribution is -0.126. The highest BCUT2D eigenvalue weighted by Crippen LogP contribution is 2.30. The van der Waals surface area contributed by atoms with Gasteiger partial charge in [0.2, 0.25) is 5.91 Å². The van der Waals surface area contributed by atoms with Crippen molar-refractivity contribution in [2.45, 2.75) is 13.0 Å². The average molecular weight is 353 g/mol. The molecule has 0 radical (unpaired) electrons. The number of amides is 1. The Balaban J connectivity index is 1.53. The fraction of sp³-hybridized carbons (Fsp3) is 0.286. The lowest BCUT2D eigenvalue weighted by atomic mass is 10.2. The number of ether oxygens (including phenoxy) is 3. The molecule has 26 heavy (non-hydrogen) atoms. The zero-order chi connectivity index (χ0) is 18.4. The Bertz CT molecular complexity index is 770. The Morgan fingerprint density at radius 2 is 1.92 bits per heavy atom. The monoisotopic (exact) mass is 353 g/mol. The zero-order valence-electron chi connectivity index (χ0n) is 15.1. The molecule has 2 aromatic carbocycles. The van der Waals surface area contributed by atoms with E-state index >= 15 is 0 Å². The molecule has 5 nitrogen and oxygen atoms in total. The molecule has 1 amide bonds. The topological polar surface area (TPSA) is 48.0 Å². The predicted molar refractivity (Wildman–Crippen MR) is 101 cm³/mol. The molecule has 1 atom stereocenters. The van der Waals surface area contributed by atoms with Gasteiger partial charge in [-0.1, -0.05) is 24.3 Å². The molecule has 0 aliphatic carbocycles. The number of fused-ring (bicyclic) bond motifs is 1. The molecule has 1 aliphatic heterocycles. The van der Waals surface area contributed by atoms with Crippen molar-refractivity contribution in [3.05, 3.63) is 60.2 Å². The highest BCUT2D eigenvalue weighted by molar-refractivity contribution is 5.91. The maximum atomic E-state index is 12.3. The summed E-state index contributed by atoms with van der Waals surface area (Å²) in [6, 6.07) is 15.2. The Morgan fingerprint density at radius 3 is 2.65 bits per heavy atom. The van der Waals surface area contributed by atoms with Gasteiger partial charge < -0.3 is 19.1 Å². The molecule has 0 saturated heterocycles. The molecule has 0 saturated carbocycles. The fourth-order valence-electron chi connectivity index (χ4n) is 2.69. The summed E-state index contributed by atoms with van der Waals surface area (Å²) in [4.78, 5) is 14.0. The van der Waals surface area contributed by atoms with Crippen LogP contribution in [0.1, 0.15) is 12.5 Å². The number of benzene rings is 2. The van der Waals surface area contributed by atoms with Crippen molar-refractivity contribution >= 4 is 12.0 Å². The standard InChI is InChI=1S/C21H23NO4/c1-3-24-17-11-8-16(9-12-17)10-13-21(23)22(2)14-18-15-25-19-6-4-5-7-20(19)26-18/h4-13,18H,3,14-15H2,1-2H3/b13-10+. The van der Waals surface area contributed by atoms with Crippen molar-refractivity contribution in [2.24, 2.45) is 0 Å². The van der Waals surface area contributed by atoms with Crippen LogP contribution in [0.3, 0.4) is 0 Å². The first-order chi connectivity index (χ1) is 12.7. The van der Waals surface area contributed by atoms with Crippen LogP contribution in [0.5, 0.6) is 17.2 Å². The molecule has 0 spiro atoms. The van der Waals surface area contributed by atoms with Crippen LogP contribution in [0.2, 0.25) is 0 Å². The maximum absolute atomic E-state index is 12.3. The van der Waals surface area contributed by atoms with Gasteiger partial charge in [0, 0.05) is 13.1 Å². The summed E-state index contributed by atoms with van der Waals surface area (Å²) in [6.07, 6.45) is 3.17. The largest absolute Gasteiger partial charge is 0.494 e. The van der Waals surface area contributed by atoms with Crippen molar-refractivity contribution in [1.82, 2.24) is 4.90 Å². The molecule has 1 aliphatic rings. The summed E-state index contributed by atoms with van der Waals surface area (Å²) in [5.74, 6) is 2.20. The number of likely N-dealkylation sites (N-methyl/N-ethyl adjacent to an activating group) is 1. The summed E-state index contributed by atoms with van der Waals surface area (Å²) >= 11 is 0. The second kappa shape index (κ2) is 8.43. The summed E-state index contributed by atoms with van der Waals surface area (Å²) in [6.45, 7) is 3.47. The van der Waals surface area contributed by atoms with Gasteiger partial charge in [-0.05, 0) is 42.8 Å². The minimum atomic E-state index is -0.183. The van der Waals surface area contributed by atoms with Crippen molar-refractivity contribution < 1.29 is 19.0 Å². The van der Waals surface area contributed by atoms with Gasteiger partial charge in [-0.3, -0.25) is 4.79 Å².